The maximum atomic E-state index is 11.4. The molecule has 0 aliphatic carbocycles. The van der Waals surface area contributed by atoms with E-state index in [-0.39, 0.29) is 23.2 Å². The van der Waals surface area contributed by atoms with Crippen LogP contribution < -0.4 is 0 Å². The summed E-state index contributed by atoms with van der Waals surface area (Å²) in [5.41, 5.74) is 1.30. The summed E-state index contributed by atoms with van der Waals surface area (Å²) in [6.07, 6.45) is 2.28. The van der Waals surface area contributed by atoms with E-state index in [2.05, 4.69) is 0 Å². The Morgan fingerprint density at radius 2 is 2.16 bits per heavy atom. The lowest BCUT2D eigenvalue weighted by molar-refractivity contribution is 0.101. The predicted octanol–water partition coefficient (Wildman–Crippen LogP) is 1.96. The Kier molecular flexibility index (Phi) is 3.94. The molecule has 1 aromatic rings. The van der Waals surface area contributed by atoms with Crippen LogP contribution >= 0.6 is 0 Å². The van der Waals surface area contributed by atoms with Crippen LogP contribution in [0.15, 0.2) is 18.2 Å². The van der Waals surface area contributed by atoms with Gasteiger partial charge in [0.2, 0.25) is 0 Å². The van der Waals surface area contributed by atoms with E-state index in [1.165, 1.54) is 13.0 Å². The molecule has 1 aliphatic heterocycles. The summed E-state index contributed by atoms with van der Waals surface area (Å²) in [4.78, 5) is 11.3. The third-order valence-corrected chi connectivity index (χ3v) is 5.45. The number of hydrogen-bond acceptors (Lipinski definition) is 4. The van der Waals surface area contributed by atoms with Gasteiger partial charge in [-0.05, 0) is 49.8 Å². The second kappa shape index (κ2) is 5.33. The fourth-order valence-corrected chi connectivity index (χ4v) is 4.40. The van der Waals surface area contributed by atoms with Crippen LogP contribution in [0.1, 0.15) is 35.7 Å². The van der Waals surface area contributed by atoms with E-state index in [4.69, 9.17) is 0 Å². The summed E-state index contributed by atoms with van der Waals surface area (Å²) in [5.74, 6) is 0.637. The van der Waals surface area contributed by atoms with Crippen LogP contribution in [0.2, 0.25) is 0 Å². The average Bonchev–Trinajstić information content (AvgIpc) is 2.67. The molecule has 104 valence electrons. The Morgan fingerprint density at radius 1 is 1.42 bits per heavy atom. The second-order valence-electron chi connectivity index (χ2n) is 5.22. The van der Waals surface area contributed by atoms with Gasteiger partial charge in [0.1, 0.15) is 5.75 Å². The van der Waals surface area contributed by atoms with Gasteiger partial charge in [-0.2, -0.15) is 0 Å². The first kappa shape index (κ1) is 14.1. The van der Waals surface area contributed by atoms with Crippen LogP contribution in [0.25, 0.3) is 0 Å². The highest BCUT2D eigenvalue weighted by Gasteiger charge is 2.27. The number of aryl methyl sites for hydroxylation is 1. The van der Waals surface area contributed by atoms with Crippen LogP contribution in [0, 0.1) is 5.92 Å². The molecule has 1 atom stereocenters. The molecule has 1 aromatic carbocycles. The number of carbonyl (C=O) groups excluding carboxylic acids is 1. The van der Waals surface area contributed by atoms with Crippen molar-refractivity contribution in [3.05, 3.63) is 29.3 Å². The summed E-state index contributed by atoms with van der Waals surface area (Å²) in [5, 5.41) is 9.55. The standard InChI is InChI=1S/C14H18O4S/c1-10(15)13-8-11(4-5-14(13)16)2-3-12-6-7-19(17,18)9-12/h4-5,8,12,16H,2-3,6-7,9H2,1H3/t12-/m1/s1. The number of benzene rings is 1. The largest absolute Gasteiger partial charge is 0.507 e. The molecule has 4 nitrogen and oxygen atoms in total. The van der Waals surface area contributed by atoms with Gasteiger partial charge in [-0.3, -0.25) is 4.79 Å². The highest BCUT2D eigenvalue weighted by molar-refractivity contribution is 7.91. The predicted molar refractivity (Wildman–Crippen MR) is 73.2 cm³/mol. The molecule has 0 spiro atoms. The Labute approximate surface area is 113 Å². The van der Waals surface area contributed by atoms with Crippen molar-refractivity contribution < 1.29 is 18.3 Å². The first-order valence-corrected chi connectivity index (χ1v) is 8.23. The van der Waals surface area contributed by atoms with Crippen LogP contribution in [0.3, 0.4) is 0 Å². The minimum Gasteiger partial charge on any atom is -0.507 e. The van der Waals surface area contributed by atoms with Gasteiger partial charge in [-0.15, -0.1) is 0 Å². The number of carbonyl (C=O) groups is 1. The third-order valence-electron chi connectivity index (χ3n) is 3.61. The number of ketones is 1. The number of rotatable bonds is 4. The molecule has 0 saturated carbocycles. The van der Waals surface area contributed by atoms with Crippen molar-refractivity contribution in [3.8, 4) is 5.75 Å². The van der Waals surface area contributed by atoms with Gasteiger partial charge >= 0.3 is 0 Å². The van der Waals surface area contributed by atoms with Gasteiger partial charge in [0.05, 0.1) is 17.1 Å². The maximum absolute atomic E-state index is 11.4. The normalized spacial score (nSPS) is 21.4. The van der Waals surface area contributed by atoms with Crippen molar-refractivity contribution in [2.24, 2.45) is 5.92 Å². The van der Waals surface area contributed by atoms with Gasteiger partial charge in [-0.25, -0.2) is 8.42 Å². The lowest BCUT2D eigenvalue weighted by atomic mass is 9.97. The van der Waals surface area contributed by atoms with E-state index in [9.17, 15) is 18.3 Å². The summed E-state index contributed by atoms with van der Waals surface area (Å²) >= 11 is 0. The molecule has 1 fully saturated rings. The van der Waals surface area contributed by atoms with Crippen molar-refractivity contribution in [2.45, 2.75) is 26.2 Å². The van der Waals surface area contributed by atoms with Crippen molar-refractivity contribution in [1.29, 1.82) is 0 Å². The van der Waals surface area contributed by atoms with Crippen LogP contribution in [0.5, 0.6) is 5.75 Å². The van der Waals surface area contributed by atoms with E-state index in [1.54, 1.807) is 12.1 Å². The Balaban J connectivity index is 2.01. The third kappa shape index (κ3) is 3.56. The zero-order valence-electron chi connectivity index (χ0n) is 10.9. The number of sulfone groups is 1. The molecule has 1 heterocycles. The molecule has 0 aromatic heterocycles. The van der Waals surface area contributed by atoms with Crippen LogP contribution in [0.4, 0.5) is 0 Å². The lowest BCUT2D eigenvalue weighted by Crippen LogP contribution is -2.06. The van der Waals surface area contributed by atoms with E-state index in [0.29, 0.717) is 11.3 Å². The molecule has 1 aliphatic rings. The van der Waals surface area contributed by atoms with E-state index >= 15 is 0 Å². The summed E-state index contributed by atoms with van der Waals surface area (Å²) in [6.45, 7) is 1.42. The molecule has 5 heteroatoms. The number of aromatic hydroxyl groups is 1. The quantitative estimate of drug-likeness (QED) is 0.857. The molecule has 1 saturated heterocycles. The first-order chi connectivity index (χ1) is 8.87. The molecular weight excluding hydrogens is 264 g/mol. The minimum atomic E-state index is -2.82. The van der Waals surface area contributed by atoms with E-state index in [0.717, 1.165) is 24.8 Å². The fourth-order valence-electron chi connectivity index (χ4n) is 2.49. The topological polar surface area (TPSA) is 71.4 Å². The van der Waals surface area contributed by atoms with Crippen molar-refractivity contribution in [2.75, 3.05) is 11.5 Å². The summed E-state index contributed by atoms with van der Waals surface area (Å²) < 4.78 is 22.7. The van der Waals surface area contributed by atoms with Gasteiger partial charge in [0.25, 0.3) is 0 Å². The fraction of sp³-hybridized carbons (Fsp3) is 0.500. The Hall–Kier alpha value is -1.36. The number of phenols is 1. The average molecular weight is 282 g/mol. The van der Waals surface area contributed by atoms with Crippen LogP contribution in [-0.4, -0.2) is 30.8 Å². The number of Topliss-reactive ketones (excluding diaryl/α,β-unsaturated/α-hetero) is 1. The van der Waals surface area contributed by atoms with Gasteiger partial charge in [-0.1, -0.05) is 6.07 Å². The minimum absolute atomic E-state index is 0.000283. The smallest absolute Gasteiger partial charge is 0.163 e. The molecule has 0 radical (unpaired) electrons. The van der Waals surface area contributed by atoms with Crippen molar-refractivity contribution >= 4 is 15.6 Å². The highest BCUT2D eigenvalue weighted by atomic mass is 32.2. The maximum Gasteiger partial charge on any atom is 0.163 e. The zero-order valence-corrected chi connectivity index (χ0v) is 11.7. The van der Waals surface area contributed by atoms with Gasteiger partial charge < -0.3 is 5.11 Å². The molecule has 0 amide bonds. The van der Waals surface area contributed by atoms with Gasteiger partial charge in [0.15, 0.2) is 15.6 Å². The number of hydrogen-bond donors (Lipinski definition) is 1. The molecule has 2 rings (SSSR count). The monoisotopic (exact) mass is 282 g/mol. The Morgan fingerprint density at radius 3 is 2.74 bits per heavy atom. The summed E-state index contributed by atoms with van der Waals surface area (Å²) in [7, 11) is -2.82. The zero-order chi connectivity index (χ0) is 14.0. The molecule has 0 unspecified atom stereocenters. The number of phenolic OH excluding ortho intramolecular Hbond substituents is 1. The molecule has 19 heavy (non-hydrogen) atoms. The SMILES string of the molecule is CC(=O)c1cc(CC[C@@H]2CCS(=O)(=O)C2)ccc1O. The lowest BCUT2D eigenvalue weighted by Gasteiger charge is -2.09. The highest BCUT2D eigenvalue weighted by Crippen LogP contribution is 2.25. The van der Waals surface area contributed by atoms with Crippen LogP contribution in [-0.2, 0) is 16.3 Å². The van der Waals surface area contributed by atoms with Crippen molar-refractivity contribution in [1.82, 2.24) is 0 Å². The second-order valence-corrected chi connectivity index (χ2v) is 7.44. The molecule has 1 N–H and O–H groups in total. The summed E-state index contributed by atoms with van der Waals surface area (Å²) in [6, 6.07) is 5.00. The molecule has 0 bridgehead atoms. The van der Waals surface area contributed by atoms with E-state index < -0.39 is 9.84 Å². The van der Waals surface area contributed by atoms with Gasteiger partial charge in [0, 0.05) is 0 Å². The van der Waals surface area contributed by atoms with Crippen molar-refractivity contribution in [3.63, 3.8) is 0 Å². The molecular formula is C14H18O4S. The van der Waals surface area contributed by atoms with E-state index in [1.807, 2.05) is 0 Å². The first-order valence-electron chi connectivity index (χ1n) is 6.40. The Bertz CT molecular complexity index is 589.